The number of nitrogens with one attached hydrogen (secondary N) is 3. The Kier molecular flexibility index (Phi) is 20.2. The first-order chi connectivity index (χ1) is 42.6. The summed E-state index contributed by atoms with van der Waals surface area (Å²) in [5.41, 5.74) is 13.9. The molecule has 27 heteroatoms. The van der Waals surface area contributed by atoms with E-state index in [2.05, 4.69) is 42.6 Å². The van der Waals surface area contributed by atoms with Gasteiger partial charge in [-0.2, -0.15) is 0 Å². The van der Waals surface area contributed by atoms with Crippen molar-refractivity contribution in [2.75, 3.05) is 13.2 Å². The van der Waals surface area contributed by atoms with E-state index in [1.165, 1.54) is 6.07 Å². The maximum Gasteiger partial charge on any atom is 0.522 e. The molecule has 494 valence electrons. The van der Waals surface area contributed by atoms with Gasteiger partial charge in [0.2, 0.25) is 0 Å². The van der Waals surface area contributed by atoms with E-state index in [0.717, 1.165) is 98.2 Å². The second kappa shape index (κ2) is 26.7. The van der Waals surface area contributed by atoms with Gasteiger partial charge in [-0.05, 0) is 176 Å². The van der Waals surface area contributed by atoms with Gasteiger partial charge in [0.05, 0.1) is 34.9 Å². The van der Waals surface area contributed by atoms with Crippen molar-refractivity contribution in [1.82, 2.24) is 30.9 Å². The second-order valence-electron chi connectivity index (χ2n) is 27.3. The quantitative estimate of drug-likeness (QED) is 0.0502. The zero-order chi connectivity index (χ0) is 65.7. The number of hydrogen-bond donors (Lipinski definition) is 7. The number of aromatic nitrogens is 3. The number of carbonyl (C=O) groups is 6. The van der Waals surface area contributed by atoms with Crippen molar-refractivity contribution >= 4 is 116 Å². The van der Waals surface area contributed by atoms with E-state index in [9.17, 15) is 41.9 Å². The zero-order valence-corrected chi connectivity index (χ0v) is 54.0. The molecule has 11 saturated carbocycles. The van der Waals surface area contributed by atoms with Crippen LogP contribution in [-0.2, 0) is 28.5 Å². The van der Waals surface area contributed by atoms with Crippen LogP contribution in [0.25, 0.3) is 32.7 Å². The number of aliphatic carboxylic acids is 1. The van der Waals surface area contributed by atoms with Gasteiger partial charge in [-0.25, -0.2) is 29.3 Å². The van der Waals surface area contributed by atoms with E-state index < -0.39 is 30.0 Å². The maximum absolute atomic E-state index is 12.7. The molecule has 3 aromatic heterocycles. The third-order valence-corrected chi connectivity index (χ3v) is 18.3. The summed E-state index contributed by atoms with van der Waals surface area (Å²) in [6.45, 7) is 7.48. The number of alkyl carbamates (subject to hydrolysis) is 1. The summed E-state index contributed by atoms with van der Waals surface area (Å²) in [6.07, 6.45) is 4.22. The lowest BCUT2D eigenvalue weighted by atomic mass is 9.38. The minimum absolute atomic E-state index is 0. The summed E-state index contributed by atoms with van der Waals surface area (Å²) in [5.74, 6) is -1.61. The number of pyridine rings is 3. The van der Waals surface area contributed by atoms with Crippen molar-refractivity contribution in [3.63, 3.8) is 0 Å². The molecular weight excluding hydrogens is 1280 g/mol. The van der Waals surface area contributed by atoms with Gasteiger partial charge in [0.1, 0.15) is 35.9 Å². The molecule has 0 unspecified atom stereocenters. The molecule has 9 N–H and O–H groups in total. The minimum atomic E-state index is -4.64. The molecule has 6 aromatic rings. The Labute approximate surface area is 549 Å². The van der Waals surface area contributed by atoms with Crippen LogP contribution in [0.2, 0.25) is 15.1 Å². The monoisotopic (exact) mass is 1350 g/mol. The van der Waals surface area contributed by atoms with Crippen LogP contribution >= 0.6 is 47.2 Å². The third kappa shape index (κ3) is 17.2. The van der Waals surface area contributed by atoms with E-state index in [4.69, 9.17) is 70.7 Å². The minimum Gasteiger partial charge on any atom is -0.480 e. The second-order valence-corrected chi connectivity index (χ2v) is 28.6. The molecule has 11 aliphatic carbocycles. The highest BCUT2D eigenvalue weighted by molar-refractivity contribution is 6.32. The number of benzene rings is 3. The Bertz CT molecular complexity index is 3770. The molecule has 11 fully saturated rings. The number of alkyl halides is 3. The number of rotatable bonds is 15. The van der Waals surface area contributed by atoms with Crippen molar-refractivity contribution in [2.45, 2.75) is 176 Å². The standard InChI is InChI=1S/C23H22ClF3N2O4.C15H14ClN3O.C10H6ClNO2.C10H18N2O2.C7H12O3.ClH/c24-14-2-4-18-13(5-14)1-3-19(28-18)20(31)29-22-10-21(11-22,12-22)8-15(30)9-32-16-6-17(7-16)33-23(25,26)27;16-10-2-4-11-9(5-10)1-3-12(18-11)13(20)19-15-6-14(17,7-15)8-15;11-7-2-4-8-6(5-7)1-3-9(12-8)10(13)14;1-8(2,3)14-7(13)12-10-4-9(11,5-10)6-10;1-5-2-6(3-5)10-4-7(8)9;/h1-5,16-17H,6-12H2,(H,29,31);1-5H,6-8,17H2,(H,19,20);1-5H,(H,13,14);4-6,11H2,1-3H3,(H,12,13);5-6H,2-4H2,1H3,(H,8,9);1H. The Morgan fingerprint density at radius 1 is 0.565 bits per heavy atom. The molecule has 0 aliphatic heterocycles. The lowest BCUT2D eigenvalue weighted by Gasteiger charge is -2.70. The van der Waals surface area contributed by atoms with E-state index in [1.807, 2.05) is 45.0 Å². The highest BCUT2D eigenvalue weighted by atomic mass is 35.5. The van der Waals surface area contributed by atoms with E-state index in [1.54, 1.807) is 60.7 Å². The van der Waals surface area contributed by atoms with Gasteiger partial charge in [0.15, 0.2) is 5.78 Å². The van der Waals surface area contributed by atoms with Crippen LogP contribution in [-0.4, -0.2) is 132 Å². The molecule has 20 nitrogen and oxygen atoms in total. The summed E-state index contributed by atoms with van der Waals surface area (Å²) in [6, 6.07) is 26.1. The highest BCUT2D eigenvalue weighted by Crippen LogP contribution is 2.69. The number of carboxylic acid groups (broad SMARTS) is 2. The predicted molar refractivity (Wildman–Crippen MR) is 340 cm³/mol. The highest BCUT2D eigenvalue weighted by Gasteiger charge is 2.69. The Balaban J connectivity index is 0.000000145. The van der Waals surface area contributed by atoms with Gasteiger partial charge in [0.25, 0.3) is 11.8 Å². The number of aromatic carboxylic acids is 1. The number of amides is 3. The first kappa shape index (κ1) is 69.8. The first-order valence-electron chi connectivity index (χ1n) is 29.9. The SMILES string of the molecule is CC(C)(C)OC(=O)NC12CC(N)(C1)C2.CC1CC(OCC(=O)O)C1.Cl.NC12CC(NC(=O)c3ccc4cc(Cl)ccc4n3)(C1)C2.O=C(COC1CC(OC(F)(F)F)C1)CC12CC(NC(=O)c3ccc4cc(Cl)ccc4n3)(C1)C2.O=C(O)c1ccc2cc(Cl)ccc2n1. The van der Waals surface area contributed by atoms with Crippen molar-refractivity contribution in [3.05, 3.63) is 123 Å². The molecule has 17 rings (SSSR count). The number of nitrogens with two attached hydrogens (primary N) is 2. The number of hydrogen-bond acceptors (Lipinski definition) is 15. The molecule has 92 heavy (non-hydrogen) atoms. The fraction of sp³-hybridized carbons (Fsp3) is 0.492. The van der Waals surface area contributed by atoms with Crippen LogP contribution in [0.15, 0.2) is 91.0 Å². The Morgan fingerprint density at radius 2 is 0.957 bits per heavy atom. The fourth-order valence-electron chi connectivity index (χ4n) is 13.9. The molecule has 0 spiro atoms. The van der Waals surface area contributed by atoms with Crippen LogP contribution in [0.5, 0.6) is 0 Å². The van der Waals surface area contributed by atoms with Gasteiger partial charge in [-0.1, -0.05) is 59.9 Å². The molecule has 11 aliphatic rings. The van der Waals surface area contributed by atoms with E-state index in [-0.39, 0.29) is 113 Å². The number of Topliss-reactive ketones (excluding diaryl/α,β-unsaturated/α-hetero) is 1. The number of nitrogens with zero attached hydrogens (tertiary/aromatic N) is 3. The first-order valence-corrected chi connectivity index (χ1v) is 31.1. The summed E-state index contributed by atoms with van der Waals surface area (Å²) in [4.78, 5) is 82.0. The van der Waals surface area contributed by atoms with Crippen LogP contribution in [0.1, 0.15) is 149 Å². The number of carbonyl (C=O) groups excluding carboxylic acids is 4. The van der Waals surface area contributed by atoms with Crippen molar-refractivity contribution < 1.29 is 71.1 Å². The lowest BCUT2D eigenvalue weighted by molar-refractivity contribution is -0.357. The fourth-order valence-corrected chi connectivity index (χ4v) is 14.4. The normalized spacial score (nSPS) is 28.4. The summed E-state index contributed by atoms with van der Waals surface area (Å²) >= 11 is 17.7. The van der Waals surface area contributed by atoms with Crippen molar-refractivity contribution in [3.8, 4) is 0 Å². The van der Waals surface area contributed by atoms with Gasteiger partial charge < -0.3 is 51.8 Å². The molecule has 6 bridgehead atoms. The molecule has 3 aromatic carbocycles. The largest absolute Gasteiger partial charge is 0.522 e. The topological polar surface area (TPSA) is 307 Å². The Hall–Kier alpha value is -6.54. The number of ether oxygens (including phenoxy) is 4. The molecule has 0 radical (unpaired) electrons. The molecule has 0 saturated heterocycles. The number of fused-ring (bicyclic) bond motifs is 3. The van der Waals surface area contributed by atoms with E-state index in [0.29, 0.717) is 43.9 Å². The number of ketones is 1. The number of carboxylic acids is 2. The maximum atomic E-state index is 12.7. The third-order valence-electron chi connectivity index (χ3n) is 17.6. The lowest BCUT2D eigenvalue weighted by Crippen LogP contribution is -2.82. The van der Waals surface area contributed by atoms with Crippen LogP contribution in [0.3, 0.4) is 0 Å². The van der Waals surface area contributed by atoms with E-state index >= 15 is 0 Å². The van der Waals surface area contributed by atoms with Crippen molar-refractivity contribution in [1.29, 1.82) is 0 Å². The van der Waals surface area contributed by atoms with Gasteiger partial charge in [0, 0.05) is 78.2 Å². The molecular formula is C65H73Cl4F3N8O12. The van der Waals surface area contributed by atoms with Gasteiger partial charge >= 0.3 is 24.4 Å². The van der Waals surface area contributed by atoms with Gasteiger partial charge in [-0.3, -0.25) is 19.1 Å². The predicted octanol–water partition coefficient (Wildman–Crippen LogP) is 11.9. The molecule has 3 amide bonds. The van der Waals surface area contributed by atoms with Crippen molar-refractivity contribution in [2.24, 2.45) is 22.8 Å². The summed E-state index contributed by atoms with van der Waals surface area (Å²) in [7, 11) is 0. The summed E-state index contributed by atoms with van der Waals surface area (Å²) in [5, 5.41) is 30.5. The molecule has 3 heterocycles. The average molecular weight is 1360 g/mol. The van der Waals surface area contributed by atoms with Crippen LogP contribution in [0.4, 0.5) is 18.0 Å². The smallest absolute Gasteiger partial charge is 0.480 e. The Morgan fingerprint density at radius 3 is 1.35 bits per heavy atom. The molecule has 0 atom stereocenters. The van der Waals surface area contributed by atoms with Crippen LogP contribution < -0.4 is 27.4 Å². The number of halogens is 7. The average Bonchev–Trinajstić information content (AvgIpc) is 0.700. The zero-order valence-electron chi connectivity index (χ0n) is 50.9. The van der Waals surface area contributed by atoms with Crippen LogP contribution in [0, 0.1) is 11.3 Å². The van der Waals surface area contributed by atoms with Gasteiger partial charge in [-0.15, -0.1) is 25.6 Å². The summed E-state index contributed by atoms with van der Waals surface area (Å²) < 4.78 is 55.9.